The van der Waals surface area contributed by atoms with E-state index in [1.807, 2.05) is 0 Å². The average molecular weight is 122 g/mol. The molecule has 0 rings (SSSR count). The molecule has 6 N–H and O–H groups in total. The Morgan fingerprint density at radius 2 is 2.12 bits per heavy atom. The van der Waals surface area contributed by atoms with Gasteiger partial charge in [-0.25, -0.2) is 4.79 Å². The zero-order valence-corrected chi connectivity index (χ0v) is 5.09. The first kappa shape index (κ1) is 10.4. The van der Waals surface area contributed by atoms with Crippen LogP contribution >= 0.6 is 0 Å². The molecule has 0 radical (unpaired) electrons. The third kappa shape index (κ3) is 3.58. The maximum absolute atomic E-state index is 9.68. The summed E-state index contributed by atoms with van der Waals surface area (Å²) in [6.07, 6.45) is -0.907. The maximum atomic E-state index is 9.68. The highest BCUT2D eigenvalue weighted by atomic mass is 16.4. The molecule has 0 aromatic heterocycles. The van der Waals surface area contributed by atoms with E-state index in [4.69, 9.17) is 10.2 Å². The molecule has 0 aliphatic carbocycles. The fourth-order valence-corrected chi connectivity index (χ4v) is 0.175. The Balaban J connectivity index is 0. The normalized spacial score (nSPS) is 11.8. The quantitative estimate of drug-likeness (QED) is 0.489. The summed E-state index contributed by atoms with van der Waals surface area (Å²) in [7, 11) is 0. The van der Waals surface area contributed by atoms with Crippen LogP contribution in [0.5, 0.6) is 0 Å². The number of aliphatic hydroxyl groups is 1. The smallest absolute Gasteiger partial charge is 0.332 e. The van der Waals surface area contributed by atoms with Crippen LogP contribution in [0.15, 0.2) is 0 Å². The summed E-state index contributed by atoms with van der Waals surface area (Å²) in [5.41, 5.74) is 0. The van der Waals surface area contributed by atoms with Crippen molar-refractivity contribution in [2.75, 3.05) is 0 Å². The molecule has 0 aromatic carbocycles. The molecule has 1 atom stereocenters. The molecule has 0 aromatic rings. The molecule has 0 spiro atoms. The first-order valence-electron chi connectivity index (χ1n) is 2.09. The second kappa shape index (κ2) is 4.55. The summed E-state index contributed by atoms with van der Waals surface area (Å²) in [6, 6.07) is 0. The van der Waals surface area contributed by atoms with E-state index in [1.54, 1.807) is 6.92 Å². The van der Waals surface area contributed by atoms with E-state index in [2.05, 4.69) is 0 Å². The average Bonchev–Trinajstić information content (AvgIpc) is 1.65. The minimum atomic E-state index is -1.18. The van der Waals surface area contributed by atoms with Crippen molar-refractivity contribution in [2.45, 2.75) is 19.4 Å². The lowest BCUT2D eigenvalue weighted by atomic mass is 10.3. The minimum absolute atomic E-state index is 0. The third-order valence-electron chi connectivity index (χ3n) is 0.672. The molecule has 0 aliphatic heterocycles. The summed E-state index contributed by atoms with van der Waals surface area (Å²) < 4.78 is 0. The summed E-state index contributed by atoms with van der Waals surface area (Å²) >= 11 is 0. The van der Waals surface area contributed by atoms with Crippen LogP contribution in [0.3, 0.4) is 0 Å². The van der Waals surface area contributed by atoms with Crippen molar-refractivity contribution in [1.29, 1.82) is 0 Å². The molecule has 0 amide bonds. The number of aliphatic hydroxyl groups excluding tert-OH is 1. The van der Waals surface area contributed by atoms with Gasteiger partial charge in [0.1, 0.15) is 0 Å². The lowest BCUT2D eigenvalue weighted by Crippen LogP contribution is -2.17. The first-order valence-corrected chi connectivity index (χ1v) is 2.09. The Hall–Kier alpha value is -0.610. The van der Waals surface area contributed by atoms with E-state index in [0.29, 0.717) is 0 Å². The van der Waals surface area contributed by atoms with E-state index in [9.17, 15) is 4.79 Å². The molecule has 4 nitrogen and oxygen atoms in total. The molecule has 0 saturated heterocycles. The highest BCUT2D eigenvalue weighted by Crippen LogP contribution is 1.86. The highest BCUT2D eigenvalue weighted by Gasteiger charge is 2.07. The zero-order valence-electron chi connectivity index (χ0n) is 5.09. The number of carbonyl (C=O) groups is 1. The second-order valence-electron chi connectivity index (χ2n) is 1.26. The van der Waals surface area contributed by atoms with Gasteiger partial charge in [0.2, 0.25) is 0 Å². The van der Waals surface area contributed by atoms with Crippen LogP contribution < -0.4 is 6.15 Å². The molecule has 0 heterocycles. The van der Waals surface area contributed by atoms with Crippen LogP contribution in [-0.2, 0) is 4.79 Å². The van der Waals surface area contributed by atoms with Crippen molar-refractivity contribution in [3.05, 3.63) is 0 Å². The van der Waals surface area contributed by atoms with Crippen molar-refractivity contribution in [3.8, 4) is 0 Å². The fourth-order valence-electron chi connectivity index (χ4n) is 0.175. The third-order valence-corrected chi connectivity index (χ3v) is 0.672. The highest BCUT2D eigenvalue weighted by molar-refractivity contribution is 5.71. The summed E-state index contributed by atoms with van der Waals surface area (Å²) in [5.74, 6) is -1.15. The van der Waals surface area contributed by atoms with Crippen molar-refractivity contribution in [3.63, 3.8) is 0 Å². The van der Waals surface area contributed by atoms with Crippen LogP contribution in [0.1, 0.15) is 13.3 Å². The Bertz CT molecular complexity index is 73.7. The van der Waals surface area contributed by atoms with Gasteiger partial charge in [0, 0.05) is 0 Å². The van der Waals surface area contributed by atoms with Crippen LogP contribution in [0.4, 0.5) is 0 Å². The van der Waals surface area contributed by atoms with Crippen LogP contribution in [-0.4, -0.2) is 22.3 Å². The molecule has 50 valence electrons. The predicted molar refractivity (Wildman–Crippen MR) is 29.9 cm³/mol. The number of hydrogen-bond acceptors (Lipinski definition) is 2. The van der Waals surface area contributed by atoms with Gasteiger partial charge in [0.05, 0.1) is 0 Å². The van der Waals surface area contributed by atoms with Crippen molar-refractivity contribution >= 4 is 5.97 Å². The number of carboxylic acid groups (broad SMARTS) is 1. The Labute approximate surface area is 47.7 Å². The van der Waals surface area contributed by atoms with Crippen LogP contribution in [0.2, 0.25) is 0 Å². The molecular weight excluding hydrogens is 110 g/mol. The van der Waals surface area contributed by atoms with Crippen molar-refractivity contribution in [1.82, 2.24) is 6.15 Å². The Morgan fingerprint density at radius 3 is 2.12 bits per heavy atom. The minimum Gasteiger partial charge on any atom is -0.479 e. The predicted octanol–water partition coefficient (Wildman–Crippen LogP) is 0.218. The van der Waals surface area contributed by atoms with Gasteiger partial charge in [0.15, 0.2) is 6.10 Å². The largest absolute Gasteiger partial charge is 0.479 e. The number of carboxylic acids is 1. The Morgan fingerprint density at radius 1 is 1.75 bits per heavy atom. The van der Waals surface area contributed by atoms with Gasteiger partial charge in [-0.2, -0.15) is 0 Å². The Kier molecular flexibility index (Phi) is 5.90. The molecule has 8 heavy (non-hydrogen) atoms. The van der Waals surface area contributed by atoms with Gasteiger partial charge in [0.25, 0.3) is 0 Å². The van der Waals surface area contributed by atoms with Gasteiger partial charge >= 0.3 is 5.97 Å². The summed E-state index contributed by atoms with van der Waals surface area (Å²) in [5, 5.41) is 16.3. The second-order valence-corrected chi connectivity index (χ2v) is 1.26. The standard InChI is InChI=1S/C4H8O3.H3N/c1-2-3(5)4(6)7;/h3,5H,2H2,1H3,(H,6,7);1H3/p+1/t3-;/m1./s1. The molecule has 0 aliphatic rings. The van der Waals surface area contributed by atoms with E-state index >= 15 is 0 Å². The molecule has 0 fully saturated rings. The van der Waals surface area contributed by atoms with Crippen molar-refractivity contribution in [2.24, 2.45) is 0 Å². The summed E-state index contributed by atoms with van der Waals surface area (Å²) in [4.78, 5) is 9.68. The number of aliphatic carboxylic acids is 1. The molecular formula is C4H12NO3+. The topological polar surface area (TPSA) is 94.0 Å². The van der Waals surface area contributed by atoms with Crippen LogP contribution in [0, 0.1) is 0 Å². The molecule has 4 heteroatoms. The van der Waals surface area contributed by atoms with Crippen molar-refractivity contribution < 1.29 is 15.0 Å². The first-order chi connectivity index (χ1) is 3.18. The van der Waals surface area contributed by atoms with Gasteiger partial charge in [-0.15, -0.1) is 0 Å². The molecule has 0 unspecified atom stereocenters. The monoisotopic (exact) mass is 122 g/mol. The van der Waals surface area contributed by atoms with Gasteiger partial charge in [-0.1, -0.05) is 6.92 Å². The summed E-state index contributed by atoms with van der Waals surface area (Å²) in [6.45, 7) is 1.61. The van der Waals surface area contributed by atoms with E-state index in [1.165, 1.54) is 0 Å². The van der Waals surface area contributed by atoms with Gasteiger partial charge in [-0.3, -0.25) is 0 Å². The number of quaternary nitrogens is 1. The van der Waals surface area contributed by atoms with E-state index in [0.717, 1.165) is 0 Å². The van der Waals surface area contributed by atoms with E-state index in [-0.39, 0.29) is 12.6 Å². The van der Waals surface area contributed by atoms with Gasteiger partial charge < -0.3 is 16.4 Å². The molecule has 0 bridgehead atoms. The SMILES string of the molecule is CC[C@@H](O)C(=O)O.[NH4+]. The lowest BCUT2D eigenvalue weighted by Gasteiger charge is -1.95. The lowest BCUT2D eigenvalue weighted by molar-refractivity contribution is -0.146. The fraction of sp³-hybridized carbons (Fsp3) is 0.750. The number of hydrogen-bond donors (Lipinski definition) is 3. The van der Waals surface area contributed by atoms with E-state index < -0.39 is 12.1 Å². The number of rotatable bonds is 2. The maximum Gasteiger partial charge on any atom is 0.332 e. The molecule has 0 saturated carbocycles. The van der Waals surface area contributed by atoms with Gasteiger partial charge in [-0.05, 0) is 6.42 Å². The zero-order chi connectivity index (χ0) is 5.86. The van der Waals surface area contributed by atoms with Crippen LogP contribution in [0.25, 0.3) is 0 Å².